The van der Waals surface area contributed by atoms with Gasteiger partial charge >= 0.3 is 6.09 Å². The number of carbonyl (C=O) groups is 1. The van der Waals surface area contributed by atoms with E-state index >= 15 is 0 Å². The zero-order valence-corrected chi connectivity index (χ0v) is 12.9. The summed E-state index contributed by atoms with van der Waals surface area (Å²) >= 11 is 5.73. The number of halogens is 1. The third-order valence-electron chi connectivity index (χ3n) is 2.56. The summed E-state index contributed by atoms with van der Waals surface area (Å²) in [7, 11) is 0. The van der Waals surface area contributed by atoms with E-state index in [1.54, 1.807) is 20.8 Å². The van der Waals surface area contributed by atoms with Crippen molar-refractivity contribution in [1.82, 2.24) is 5.32 Å². The van der Waals surface area contributed by atoms with Gasteiger partial charge in [0, 0.05) is 12.1 Å². The standard InChI is InChI=1S/C14H20ClNO5/c1-14(2,3)21-13(20)16-7-10(17)12(19)8-5-4-6-9(15)11(8)18/h4-6,10,12,17-19H,7H2,1-3H3,(H,16,20). The van der Waals surface area contributed by atoms with Gasteiger partial charge in [0.1, 0.15) is 23.6 Å². The molecular formula is C14H20ClNO5. The Morgan fingerprint density at radius 3 is 2.57 bits per heavy atom. The molecule has 2 unspecified atom stereocenters. The number of aliphatic hydroxyl groups is 2. The number of phenolic OH excluding ortho intramolecular Hbond substituents is 1. The van der Waals surface area contributed by atoms with Crippen LogP contribution in [0.3, 0.4) is 0 Å². The Hall–Kier alpha value is -1.50. The van der Waals surface area contributed by atoms with Gasteiger partial charge in [-0.3, -0.25) is 0 Å². The maximum atomic E-state index is 11.4. The summed E-state index contributed by atoms with van der Waals surface area (Å²) in [4.78, 5) is 11.4. The number of alkyl carbamates (subject to hydrolysis) is 1. The predicted molar refractivity (Wildman–Crippen MR) is 78.3 cm³/mol. The van der Waals surface area contributed by atoms with Gasteiger partial charge in [-0.2, -0.15) is 0 Å². The van der Waals surface area contributed by atoms with E-state index in [-0.39, 0.29) is 22.9 Å². The summed E-state index contributed by atoms with van der Waals surface area (Å²) < 4.78 is 5.00. The molecule has 0 saturated carbocycles. The van der Waals surface area contributed by atoms with Crippen molar-refractivity contribution in [3.05, 3.63) is 28.8 Å². The van der Waals surface area contributed by atoms with E-state index in [2.05, 4.69) is 5.32 Å². The van der Waals surface area contributed by atoms with Crippen LogP contribution in [-0.2, 0) is 4.74 Å². The number of aromatic hydroxyl groups is 1. The minimum Gasteiger partial charge on any atom is -0.506 e. The summed E-state index contributed by atoms with van der Waals surface area (Å²) in [6, 6.07) is 4.43. The van der Waals surface area contributed by atoms with Crippen LogP contribution in [0.15, 0.2) is 18.2 Å². The monoisotopic (exact) mass is 317 g/mol. The summed E-state index contributed by atoms with van der Waals surface area (Å²) in [6.07, 6.45) is -3.41. The topological polar surface area (TPSA) is 99.0 Å². The van der Waals surface area contributed by atoms with Gasteiger partial charge in [-0.1, -0.05) is 23.7 Å². The van der Waals surface area contributed by atoms with Gasteiger partial charge in [0.2, 0.25) is 0 Å². The molecule has 6 nitrogen and oxygen atoms in total. The molecule has 0 aliphatic heterocycles. The largest absolute Gasteiger partial charge is 0.506 e. The van der Waals surface area contributed by atoms with E-state index in [1.807, 2.05) is 0 Å². The van der Waals surface area contributed by atoms with Crippen LogP contribution in [0, 0.1) is 0 Å². The fourth-order valence-electron chi connectivity index (χ4n) is 1.59. The number of benzene rings is 1. The van der Waals surface area contributed by atoms with E-state index in [9.17, 15) is 20.1 Å². The van der Waals surface area contributed by atoms with E-state index in [4.69, 9.17) is 16.3 Å². The number of amides is 1. The molecule has 2 atom stereocenters. The van der Waals surface area contributed by atoms with Crippen molar-refractivity contribution in [2.45, 2.75) is 38.6 Å². The number of nitrogens with one attached hydrogen (secondary N) is 1. The van der Waals surface area contributed by atoms with Gasteiger partial charge in [-0.15, -0.1) is 0 Å². The number of carbonyl (C=O) groups excluding carboxylic acids is 1. The number of hydrogen-bond donors (Lipinski definition) is 4. The Morgan fingerprint density at radius 1 is 1.38 bits per heavy atom. The van der Waals surface area contributed by atoms with E-state index in [1.165, 1.54) is 18.2 Å². The lowest BCUT2D eigenvalue weighted by atomic mass is 10.0. The summed E-state index contributed by atoms with van der Waals surface area (Å²) in [5, 5.41) is 32.0. The molecule has 1 amide bonds. The highest BCUT2D eigenvalue weighted by Crippen LogP contribution is 2.32. The Labute approximate surface area is 128 Å². The molecule has 118 valence electrons. The molecule has 0 aliphatic rings. The number of aliphatic hydroxyl groups excluding tert-OH is 2. The van der Waals surface area contributed by atoms with Crippen molar-refractivity contribution in [2.24, 2.45) is 0 Å². The molecule has 0 radical (unpaired) electrons. The number of para-hydroxylation sites is 1. The van der Waals surface area contributed by atoms with Crippen molar-refractivity contribution in [1.29, 1.82) is 0 Å². The molecule has 4 N–H and O–H groups in total. The number of rotatable bonds is 4. The number of phenols is 1. The minimum absolute atomic E-state index is 0.0684. The second kappa shape index (κ2) is 6.98. The lowest BCUT2D eigenvalue weighted by Crippen LogP contribution is -2.38. The van der Waals surface area contributed by atoms with Gasteiger partial charge in [-0.25, -0.2) is 4.79 Å². The van der Waals surface area contributed by atoms with Crippen LogP contribution in [0.25, 0.3) is 0 Å². The molecule has 21 heavy (non-hydrogen) atoms. The summed E-state index contributed by atoms with van der Waals surface area (Å²) in [5.74, 6) is -0.303. The third kappa shape index (κ3) is 5.41. The second-order valence-electron chi connectivity index (χ2n) is 5.57. The summed E-state index contributed by atoms with van der Waals surface area (Å²) in [5.41, 5.74) is -0.570. The summed E-state index contributed by atoms with van der Waals surface area (Å²) in [6.45, 7) is 4.90. The van der Waals surface area contributed by atoms with Crippen molar-refractivity contribution in [2.75, 3.05) is 6.54 Å². The third-order valence-corrected chi connectivity index (χ3v) is 2.86. The molecule has 0 spiro atoms. The van der Waals surface area contributed by atoms with Gasteiger partial charge in [0.25, 0.3) is 0 Å². The molecule has 0 heterocycles. The van der Waals surface area contributed by atoms with Crippen LogP contribution in [0.4, 0.5) is 4.79 Å². The van der Waals surface area contributed by atoms with Crippen LogP contribution >= 0.6 is 11.6 Å². The maximum Gasteiger partial charge on any atom is 0.407 e. The average Bonchev–Trinajstić information content (AvgIpc) is 2.36. The predicted octanol–water partition coefficient (Wildman–Crippen LogP) is 1.96. The van der Waals surface area contributed by atoms with Crippen molar-refractivity contribution < 1.29 is 24.9 Å². The van der Waals surface area contributed by atoms with E-state index in [0.717, 1.165) is 0 Å². The van der Waals surface area contributed by atoms with Crippen molar-refractivity contribution in [3.8, 4) is 5.75 Å². The SMILES string of the molecule is CC(C)(C)OC(=O)NCC(O)C(O)c1cccc(Cl)c1O. The first-order chi connectivity index (χ1) is 9.61. The Balaban J connectivity index is 2.61. The van der Waals surface area contributed by atoms with Gasteiger partial charge in [0.15, 0.2) is 0 Å². The highest BCUT2D eigenvalue weighted by atomic mass is 35.5. The Morgan fingerprint density at radius 2 is 2.00 bits per heavy atom. The first kappa shape index (κ1) is 17.6. The molecule has 1 aromatic rings. The smallest absolute Gasteiger partial charge is 0.407 e. The molecule has 0 bridgehead atoms. The normalized spacial score (nSPS) is 14.4. The minimum atomic E-state index is -1.39. The van der Waals surface area contributed by atoms with Crippen molar-refractivity contribution >= 4 is 17.7 Å². The quantitative estimate of drug-likeness (QED) is 0.680. The molecule has 7 heteroatoms. The first-order valence-electron chi connectivity index (χ1n) is 6.42. The molecule has 0 aromatic heterocycles. The molecule has 0 aliphatic carbocycles. The lowest BCUT2D eigenvalue weighted by molar-refractivity contribution is 0.0119. The Bertz CT molecular complexity index is 501. The molecule has 1 aromatic carbocycles. The van der Waals surface area contributed by atoms with Gasteiger partial charge in [0.05, 0.1) is 5.02 Å². The highest BCUT2D eigenvalue weighted by molar-refractivity contribution is 6.32. The average molecular weight is 318 g/mol. The van der Waals surface area contributed by atoms with Crippen LogP contribution in [0.1, 0.15) is 32.4 Å². The fourth-order valence-corrected chi connectivity index (χ4v) is 1.77. The van der Waals surface area contributed by atoms with Crippen LogP contribution in [0.2, 0.25) is 5.02 Å². The number of ether oxygens (including phenoxy) is 1. The van der Waals surface area contributed by atoms with E-state index in [0.29, 0.717) is 0 Å². The zero-order chi connectivity index (χ0) is 16.2. The first-order valence-corrected chi connectivity index (χ1v) is 6.80. The molecule has 0 fully saturated rings. The Kier molecular flexibility index (Phi) is 5.83. The number of hydrogen-bond acceptors (Lipinski definition) is 5. The molecule has 0 saturated heterocycles. The second-order valence-corrected chi connectivity index (χ2v) is 5.98. The van der Waals surface area contributed by atoms with Gasteiger partial charge < -0.3 is 25.4 Å². The van der Waals surface area contributed by atoms with Crippen LogP contribution < -0.4 is 5.32 Å². The van der Waals surface area contributed by atoms with Crippen molar-refractivity contribution in [3.63, 3.8) is 0 Å². The lowest BCUT2D eigenvalue weighted by Gasteiger charge is -2.22. The van der Waals surface area contributed by atoms with Crippen LogP contribution in [0.5, 0.6) is 5.75 Å². The van der Waals surface area contributed by atoms with Crippen LogP contribution in [-0.4, -0.2) is 39.7 Å². The molecule has 1 rings (SSSR count). The fraction of sp³-hybridized carbons (Fsp3) is 0.500. The maximum absolute atomic E-state index is 11.4. The zero-order valence-electron chi connectivity index (χ0n) is 12.1. The molecular weight excluding hydrogens is 298 g/mol. The van der Waals surface area contributed by atoms with Gasteiger partial charge in [-0.05, 0) is 26.8 Å². The highest BCUT2D eigenvalue weighted by Gasteiger charge is 2.24. The van der Waals surface area contributed by atoms with E-state index < -0.39 is 23.9 Å².